The molecule has 0 aliphatic carbocycles. The van der Waals surface area contributed by atoms with E-state index in [0.717, 1.165) is 16.2 Å². The SMILES string of the molecule is Cc1ccc2c(c1)Cc1cc(C)ccc1S2=O. The van der Waals surface area contributed by atoms with Gasteiger partial charge in [0, 0.05) is 9.79 Å². The lowest BCUT2D eigenvalue weighted by molar-refractivity contribution is 0.679. The summed E-state index contributed by atoms with van der Waals surface area (Å²) in [6.07, 6.45) is 0.903. The van der Waals surface area contributed by atoms with E-state index in [2.05, 4.69) is 26.0 Å². The van der Waals surface area contributed by atoms with Gasteiger partial charge in [0.1, 0.15) is 0 Å². The molecule has 2 aromatic rings. The van der Waals surface area contributed by atoms with E-state index in [-0.39, 0.29) is 0 Å². The molecule has 0 fully saturated rings. The van der Waals surface area contributed by atoms with Gasteiger partial charge in [0.2, 0.25) is 0 Å². The fourth-order valence-electron chi connectivity index (χ4n) is 2.38. The van der Waals surface area contributed by atoms with E-state index in [9.17, 15) is 4.21 Å². The molecule has 0 spiro atoms. The molecule has 0 radical (unpaired) electrons. The van der Waals surface area contributed by atoms with Gasteiger partial charge >= 0.3 is 0 Å². The van der Waals surface area contributed by atoms with Gasteiger partial charge in [-0.05, 0) is 43.5 Å². The molecule has 0 bridgehead atoms. The molecular formula is C15H14OS. The third-order valence-corrected chi connectivity index (χ3v) is 4.81. The maximum atomic E-state index is 12.4. The molecule has 0 atom stereocenters. The molecule has 0 saturated carbocycles. The van der Waals surface area contributed by atoms with Gasteiger partial charge in [0.05, 0.1) is 10.8 Å². The van der Waals surface area contributed by atoms with Gasteiger partial charge in [0.25, 0.3) is 0 Å². The van der Waals surface area contributed by atoms with Crippen molar-refractivity contribution in [3.8, 4) is 0 Å². The summed E-state index contributed by atoms with van der Waals surface area (Å²) < 4.78 is 12.4. The monoisotopic (exact) mass is 242 g/mol. The Morgan fingerprint density at radius 3 is 1.82 bits per heavy atom. The van der Waals surface area contributed by atoms with Crippen molar-refractivity contribution >= 4 is 10.8 Å². The summed E-state index contributed by atoms with van der Waals surface area (Å²) in [4.78, 5) is 1.96. The van der Waals surface area contributed by atoms with Crippen molar-refractivity contribution in [3.05, 3.63) is 58.7 Å². The molecule has 1 heterocycles. The first-order valence-electron chi connectivity index (χ1n) is 5.76. The predicted molar refractivity (Wildman–Crippen MR) is 69.8 cm³/mol. The summed E-state index contributed by atoms with van der Waals surface area (Å²) in [6.45, 7) is 4.16. The summed E-state index contributed by atoms with van der Waals surface area (Å²) >= 11 is 0. The minimum Gasteiger partial charge on any atom is -0.249 e. The topological polar surface area (TPSA) is 17.1 Å². The van der Waals surface area contributed by atoms with Crippen LogP contribution in [-0.2, 0) is 17.2 Å². The zero-order valence-electron chi connectivity index (χ0n) is 9.99. The molecule has 3 rings (SSSR count). The summed E-state index contributed by atoms with van der Waals surface area (Å²) in [5.41, 5.74) is 4.89. The van der Waals surface area contributed by atoms with E-state index < -0.39 is 10.8 Å². The van der Waals surface area contributed by atoms with Crippen molar-refractivity contribution < 1.29 is 4.21 Å². The van der Waals surface area contributed by atoms with Gasteiger partial charge < -0.3 is 0 Å². The molecule has 1 aliphatic rings. The second-order valence-electron chi connectivity index (χ2n) is 4.67. The Kier molecular flexibility index (Phi) is 2.40. The Bertz CT molecular complexity index is 575. The van der Waals surface area contributed by atoms with Crippen molar-refractivity contribution in [2.45, 2.75) is 30.1 Å². The van der Waals surface area contributed by atoms with Crippen molar-refractivity contribution in [1.29, 1.82) is 0 Å². The number of aryl methyl sites for hydroxylation is 2. The predicted octanol–water partition coefficient (Wildman–Crippen LogP) is 3.37. The van der Waals surface area contributed by atoms with Gasteiger partial charge in [0.15, 0.2) is 0 Å². The Hall–Kier alpha value is -1.41. The summed E-state index contributed by atoms with van der Waals surface area (Å²) in [5.74, 6) is 0. The van der Waals surface area contributed by atoms with Crippen molar-refractivity contribution in [1.82, 2.24) is 0 Å². The van der Waals surface area contributed by atoms with Gasteiger partial charge in [-0.15, -0.1) is 0 Å². The van der Waals surface area contributed by atoms with Crippen LogP contribution in [0.1, 0.15) is 22.3 Å². The largest absolute Gasteiger partial charge is 0.249 e. The third-order valence-electron chi connectivity index (χ3n) is 3.21. The van der Waals surface area contributed by atoms with Crippen LogP contribution >= 0.6 is 0 Å². The second-order valence-corrected chi connectivity index (χ2v) is 6.08. The smallest absolute Gasteiger partial charge is 0.0855 e. The Labute approximate surface area is 104 Å². The zero-order chi connectivity index (χ0) is 12.0. The quantitative estimate of drug-likeness (QED) is 0.590. The third kappa shape index (κ3) is 1.73. The summed E-state index contributed by atoms with van der Waals surface area (Å²) in [6, 6.07) is 12.4. The van der Waals surface area contributed by atoms with Crippen LogP contribution < -0.4 is 0 Å². The average molecular weight is 242 g/mol. The van der Waals surface area contributed by atoms with Crippen LogP contribution in [0.4, 0.5) is 0 Å². The highest BCUT2D eigenvalue weighted by Gasteiger charge is 2.21. The van der Waals surface area contributed by atoms with Crippen molar-refractivity contribution in [2.75, 3.05) is 0 Å². The lowest BCUT2D eigenvalue weighted by atomic mass is 10.0. The fraction of sp³-hybridized carbons (Fsp3) is 0.200. The Morgan fingerprint density at radius 1 is 0.882 bits per heavy atom. The van der Waals surface area contributed by atoms with Crippen molar-refractivity contribution in [3.63, 3.8) is 0 Å². The van der Waals surface area contributed by atoms with E-state index >= 15 is 0 Å². The highest BCUT2D eigenvalue weighted by atomic mass is 32.2. The first kappa shape index (κ1) is 10.7. The van der Waals surface area contributed by atoms with Gasteiger partial charge in [-0.1, -0.05) is 35.4 Å². The fourth-order valence-corrected chi connectivity index (χ4v) is 3.74. The molecule has 17 heavy (non-hydrogen) atoms. The highest BCUT2D eigenvalue weighted by Crippen LogP contribution is 2.32. The first-order valence-corrected chi connectivity index (χ1v) is 6.91. The van der Waals surface area contributed by atoms with E-state index in [1.807, 2.05) is 24.3 Å². The Balaban J connectivity index is 2.21. The molecular weight excluding hydrogens is 228 g/mol. The summed E-state index contributed by atoms with van der Waals surface area (Å²) in [5, 5.41) is 0. The van der Waals surface area contributed by atoms with E-state index in [1.165, 1.54) is 22.3 Å². The van der Waals surface area contributed by atoms with Gasteiger partial charge in [-0.25, -0.2) is 4.21 Å². The highest BCUT2D eigenvalue weighted by molar-refractivity contribution is 7.85. The lowest BCUT2D eigenvalue weighted by Gasteiger charge is -2.19. The number of fused-ring (bicyclic) bond motifs is 2. The van der Waals surface area contributed by atoms with E-state index in [1.54, 1.807) is 0 Å². The van der Waals surface area contributed by atoms with Crippen LogP contribution in [0.2, 0.25) is 0 Å². The van der Waals surface area contributed by atoms with Crippen LogP contribution in [0.5, 0.6) is 0 Å². The minimum atomic E-state index is -1.01. The molecule has 2 aromatic carbocycles. The summed E-state index contributed by atoms with van der Waals surface area (Å²) in [7, 11) is -1.01. The molecule has 86 valence electrons. The zero-order valence-corrected chi connectivity index (χ0v) is 10.8. The molecule has 1 aliphatic heterocycles. The lowest BCUT2D eigenvalue weighted by Crippen LogP contribution is -2.09. The molecule has 0 amide bonds. The minimum absolute atomic E-state index is 0.903. The molecule has 0 N–H and O–H groups in total. The second kappa shape index (κ2) is 3.81. The maximum absolute atomic E-state index is 12.4. The van der Waals surface area contributed by atoms with Crippen LogP contribution in [0.3, 0.4) is 0 Å². The normalized spacial score (nSPS) is 14.2. The van der Waals surface area contributed by atoms with Crippen LogP contribution in [0.15, 0.2) is 46.2 Å². The standard InChI is InChI=1S/C15H14OS/c1-10-3-5-14-12(7-10)9-13-8-11(2)4-6-15(13)17(14)16/h3-8H,9H2,1-2H3. The van der Waals surface area contributed by atoms with Crippen LogP contribution in [-0.4, -0.2) is 4.21 Å². The maximum Gasteiger partial charge on any atom is 0.0855 e. The Morgan fingerprint density at radius 2 is 1.35 bits per heavy atom. The molecule has 0 saturated heterocycles. The van der Waals surface area contributed by atoms with Crippen molar-refractivity contribution in [2.24, 2.45) is 0 Å². The van der Waals surface area contributed by atoms with E-state index in [0.29, 0.717) is 0 Å². The number of benzene rings is 2. The number of rotatable bonds is 0. The van der Waals surface area contributed by atoms with Gasteiger partial charge in [-0.2, -0.15) is 0 Å². The number of hydrogen-bond donors (Lipinski definition) is 0. The molecule has 0 unspecified atom stereocenters. The molecule has 2 heteroatoms. The first-order chi connectivity index (χ1) is 8.15. The van der Waals surface area contributed by atoms with Crippen LogP contribution in [0.25, 0.3) is 0 Å². The van der Waals surface area contributed by atoms with Gasteiger partial charge in [-0.3, -0.25) is 0 Å². The average Bonchev–Trinajstić information content (AvgIpc) is 2.28. The molecule has 0 aromatic heterocycles. The van der Waals surface area contributed by atoms with Crippen LogP contribution in [0, 0.1) is 13.8 Å². The molecule has 1 nitrogen and oxygen atoms in total. The number of hydrogen-bond acceptors (Lipinski definition) is 1. The van der Waals surface area contributed by atoms with E-state index in [4.69, 9.17) is 0 Å².